The van der Waals surface area contributed by atoms with Gasteiger partial charge in [0.2, 0.25) is 0 Å². The summed E-state index contributed by atoms with van der Waals surface area (Å²) in [7, 11) is 1.94. The number of hydrogen-bond donors (Lipinski definition) is 0. The van der Waals surface area contributed by atoms with Crippen molar-refractivity contribution in [2.75, 3.05) is 26.7 Å². The average Bonchev–Trinajstić information content (AvgIpc) is 2.79. The van der Waals surface area contributed by atoms with Gasteiger partial charge in [-0.25, -0.2) is 9.97 Å². The molecule has 0 saturated carbocycles. The largest absolute Gasteiger partial charge is 0.337 e. The number of aromatic nitrogens is 2. The van der Waals surface area contributed by atoms with Crippen LogP contribution >= 0.6 is 0 Å². The highest BCUT2D eigenvalue weighted by molar-refractivity contribution is 5.97. The van der Waals surface area contributed by atoms with E-state index in [0.717, 1.165) is 67.7 Å². The zero-order valence-electron chi connectivity index (χ0n) is 18.8. The quantitative estimate of drug-likeness (QED) is 0.597. The van der Waals surface area contributed by atoms with E-state index in [1.807, 2.05) is 44.0 Å². The molecule has 4 rings (SSSR count). The SMILES string of the molecule is Cc1nc2ccc(C(=O)N(C)[C@@H]3CCCN(CCCc4ccccc4)C3)cc2nc1C. The molecule has 1 saturated heterocycles. The molecule has 0 spiro atoms. The van der Waals surface area contributed by atoms with Gasteiger partial charge in [-0.05, 0) is 76.4 Å². The van der Waals surface area contributed by atoms with Gasteiger partial charge in [0.05, 0.1) is 22.4 Å². The first-order valence-corrected chi connectivity index (χ1v) is 11.3. The first kappa shape index (κ1) is 21.4. The zero-order valence-corrected chi connectivity index (χ0v) is 18.8. The molecule has 0 bridgehead atoms. The summed E-state index contributed by atoms with van der Waals surface area (Å²) < 4.78 is 0. The summed E-state index contributed by atoms with van der Waals surface area (Å²) in [5, 5.41) is 0. The van der Waals surface area contributed by atoms with Crippen LogP contribution in [0, 0.1) is 13.8 Å². The van der Waals surface area contributed by atoms with E-state index in [-0.39, 0.29) is 11.9 Å². The van der Waals surface area contributed by atoms with Crippen LogP contribution in [-0.2, 0) is 6.42 Å². The first-order chi connectivity index (χ1) is 15.0. The van der Waals surface area contributed by atoms with Gasteiger partial charge in [-0.1, -0.05) is 30.3 Å². The maximum absolute atomic E-state index is 13.2. The van der Waals surface area contributed by atoms with Gasteiger partial charge in [-0.2, -0.15) is 0 Å². The molecule has 162 valence electrons. The number of carbonyl (C=O) groups is 1. The highest BCUT2D eigenvalue weighted by Crippen LogP contribution is 2.20. The number of hydrogen-bond acceptors (Lipinski definition) is 4. The van der Waals surface area contributed by atoms with Crippen molar-refractivity contribution in [3.05, 3.63) is 71.0 Å². The highest BCUT2D eigenvalue weighted by Gasteiger charge is 2.26. The lowest BCUT2D eigenvalue weighted by molar-refractivity contribution is 0.0617. The standard InChI is InChI=1S/C26H32N4O/c1-19-20(2)28-25-17-22(13-14-24(25)27-19)26(31)29(3)23-12-8-16-30(18-23)15-7-11-21-9-5-4-6-10-21/h4-6,9-10,13-14,17,23H,7-8,11-12,15-16,18H2,1-3H3/t23-/m1/s1. The van der Waals surface area contributed by atoms with Crippen molar-refractivity contribution in [3.63, 3.8) is 0 Å². The van der Waals surface area contributed by atoms with E-state index in [0.29, 0.717) is 5.56 Å². The van der Waals surface area contributed by atoms with Gasteiger partial charge in [-0.3, -0.25) is 4.79 Å². The number of amides is 1. The number of fused-ring (bicyclic) bond motifs is 1. The van der Waals surface area contributed by atoms with Crippen LogP contribution in [0.1, 0.15) is 46.6 Å². The molecule has 0 aliphatic carbocycles. The van der Waals surface area contributed by atoms with Crippen molar-refractivity contribution in [3.8, 4) is 0 Å². The average molecular weight is 417 g/mol. The number of piperidine rings is 1. The molecule has 5 nitrogen and oxygen atoms in total. The van der Waals surface area contributed by atoms with Crippen LogP contribution < -0.4 is 0 Å². The molecule has 1 amide bonds. The summed E-state index contributed by atoms with van der Waals surface area (Å²) in [6, 6.07) is 16.6. The summed E-state index contributed by atoms with van der Waals surface area (Å²) in [6.45, 7) is 7.07. The maximum atomic E-state index is 13.2. The van der Waals surface area contributed by atoms with Crippen molar-refractivity contribution >= 4 is 16.9 Å². The van der Waals surface area contributed by atoms with Gasteiger partial charge in [0.15, 0.2) is 0 Å². The summed E-state index contributed by atoms with van der Waals surface area (Å²) >= 11 is 0. The molecule has 1 aliphatic rings. The van der Waals surface area contributed by atoms with Crippen LogP contribution in [0.5, 0.6) is 0 Å². The van der Waals surface area contributed by atoms with Crippen LogP contribution in [0.3, 0.4) is 0 Å². The Bertz CT molecular complexity index is 1050. The molecule has 31 heavy (non-hydrogen) atoms. The highest BCUT2D eigenvalue weighted by atomic mass is 16.2. The fourth-order valence-electron chi connectivity index (χ4n) is 4.43. The maximum Gasteiger partial charge on any atom is 0.253 e. The van der Waals surface area contributed by atoms with Crippen molar-refractivity contribution in [1.82, 2.24) is 19.8 Å². The normalized spacial score (nSPS) is 17.1. The molecule has 2 aromatic carbocycles. The van der Waals surface area contributed by atoms with Crippen molar-refractivity contribution in [1.29, 1.82) is 0 Å². The smallest absolute Gasteiger partial charge is 0.253 e. The van der Waals surface area contributed by atoms with Gasteiger partial charge in [0.25, 0.3) is 5.91 Å². The lowest BCUT2D eigenvalue weighted by Gasteiger charge is -2.37. The minimum atomic E-state index is 0.0677. The molecule has 0 N–H and O–H groups in total. The van der Waals surface area contributed by atoms with E-state index >= 15 is 0 Å². The third kappa shape index (κ3) is 5.10. The molecule has 5 heteroatoms. The summed E-state index contributed by atoms with van der Waals surface area (Å²) in [4.78, 5) is 26.8. The van der Waals surface area contributed by atoms with Crippen LogP contribution in [0.15, 0.2) is 48.5 Å². The monoisotopic (exact) mass is 416 g/mol. The molecular formula is C26H32N4O. The van der Waals surface area contributed by atoms with E-state index in [4.69, 9.17) is 0 Å². The second-order valence-electron chi connectivity index (χ2n) is 8.70. The summed E-state index contributed by atoms with van der Waals surface area (Å²) in [5.74, 6) is 0.0677. The lowest BCUT2D eigenvalue weighted by Crippen LogP contribution is -2.48. The number of aryl methyl sites for hydroxylation is 3. The Hall–Kier alpha value is -2.79. The Morgan fingerprint density at radius 2 is 1.81 bits per heavy atom. The molecule has 1 aliphatic heterocycles. The summed E-state index contributed by atoms with van der Waals surface area (Å²) in [6.07, 6.45) is 4.45. The number of carbonyl (C=O) groups excluding carboxylic acids is 1. The minimum Gasteiger partial charge on any atom is -0.337 e. The Kier molecular flexibility index (Phi) is 6.62. The molecule has 2 heterocycles. The Labute approximate surface area is 185 Å². The molecule has 0 unspecified atom stereocenters. The van der Waals surface area contributed by atoms with E-state index in [9.17, 15) is 4.79 Å². The molecule has 0 radical (unpaired) electrons. The predicted molar refractivity (Wildman–Crippen MR) is 125 cm³/mol. The van der Waals surface area contributed by atoms with Gasteiger partial charge in [0.1, 0.15) is 0 Å². The number of benzene rings is 2. The Balaban J connectivity index is 1.37. The molecular weight excluding hydrogens is 384 g/mol. The van der Waals surface area contributed by atoms with Gasteiger partial charge >= 0.3 is 0 Å². The van der Waals surface area contributed by atoms with E-state index in [1.54, 1.807) is 0 Å². The van der Waals surface area contributed by atoms with Crippen LogP contribution in [0.4, 0.5) is 0 Å². The Morgan fingerprint density at radius 1 is 1.06 bits per heavy atom. The third-order valence-corrected chi connectivity index (χ3v) is 6.45. The van der Waals surface area contributed by atoms with Gasteiger partial charge < -0.3 is 9.80 Å². The number of nitrogens with zero attached hydrogens (tertiary/aromatic N) is 4. The van der Waals surface area contributed by atoms with E-state index in [2.05, 4.69) is 45.2 Å². The Morgan fingerprint density at radius 3 is 2.58 bits per heavy atom. The van der Waals surface area contributed by atoms with Gasteiger partial charge in [0, 0.05) is 25.2 Å². The molecule has 1 aromatic heterocycles. The van der Waals surface area contributed by atoms with E-state index < -0.39 is 0 Å². The van der Waals surface area contributed by atoms with Crippen molar-refractivity contribution in [2.24, 2.45) is 0 Å². The number of likely N-dealkylation sites (N-methyl/N-ethyl adjacent to an activating group) is 1. The minimum absolute atomic E-state index is 0.0677. The van der Waals surface area contributed by atoms with E-state index in [1.165, 1.54) is 5.56 Å². The fraction of sp³-hybridized carbons (Fsp3) is 0.423. The number of likely N-dealkylation sites (tertiary alicyclic amines) is 1. The molecule has 1 atom stereocenters. The van der Waals surface area contributed by atoms with Crippen molar-refractivity contribution in [2.45, 2.75) is 45.6 Å². The number of rotatable bonds is 6. The molecule has 1 fully saturated rings. The predicted octanol–water partition coefficient (Wildman–Crippen LogP) is 4.42. The molecule has 3 aromatic rings. The third-order valence-electron chi connectivity index (χ3n) is 6.45. The zero-order chi connectivity index (χ0) is 21.8. The lowest BCUT2D eigenvalue weighted by atomic mass is 10.0. The van der Waals surface area contributed by atoms with Crippen molar-refractivity contribution < 1.29 is 4.79 Å². The second-order valence-corrected chi connectivity index (χ2v) is 8.70. The van der Waals surface area contributed by atoms with Crippen LogP contribution in [0.2, 0.25) is 0 Å². The topological polar surface area (TPSA) is 49.3 Å². The fourth-order valence-corrected chi connectivity index (χ4v) is 4.43. The second kappa shape index (κ2) is 9.56. The van der Waals surface area contributed by atoms with Crippen LogP contribution in [0.25, 0.3) is 11.0 Å². The first-order valence-electron chi connectivity index (χ1n) is 11.3. The van der Waals surface area contributed by atoms with Gasteiger partial charge in [-0.15, -0.1) is 0 Å². The van der Waals surface area contributed by atoms with Crippen LogP contribution in [-0.4, -0.2) is 58.4 Å². The summed E-state index contributed by atoms with van der Waals surface area (Å²) in [5.41, 5.74) is 5.54.